The summed E-state index contributed by atoms with van der Waals surface area (Å²) in [5.41, 5.74) is 4.86. The van der Waals surface area contributed by atoms with Crippen LogP contribution in [-0.4, -0.2) is 24.3 Å². The number of carbonyl (C=O) groups excluding carboxylic acids is 1. The molecule has 0 saturated carbocycles. The second-order valence-corrected chi connectivity index (χ2v) is 5.57. The molecule has 0 unspecified atom stereocenters. The zero-order chi connectivity index (χ0) is 14.5. The number of anilines is 1. The lowest BCUT2D eigenvalue weighted by atomic mass is 10.1. The van der Waals surface area contributed by atoms with Gasteiger partial charge in [0.2, 0.25) is 5.13 Å². The summed E-state index contributed by atoms with van der Waals surface area (Å²) in [5, 5.41) is 6.72. The maximum absolute atomic E-state index is 11.7. The van der Waals surface area contributed by atoms with Gasteiger partial charge in [0.1, 0.15) is 0 Å². The molecule has 0 radical (unpaired) electrons. The zero-order valence-corrected chi connectivity index (χ0v) is 13.3. The molecule has 20 heavy (non-hydrogen) atoms. The van der Waals surface area contributed by atoms with E-state index in [4.69, 9.17) is 4.74 Å². The normalized spacial score (nSPS) is 10.8. The lowest BCUT2D eigenvalue weighted by molar-refractivity contribution is 0.0600. The Kier molecular flexibility index (Phi) is 4.86. The Hall–Kier alpha value is -1.73. The molecule has 5 nitrogen and oxygen atoms in total. The molecule has 0 atom stereocenters. The molecule has 0 aliphatic carbocycles. The molecule has 1 aromatic carbocycles. The number of ether oxygens (including phenoxy) is 1. The van der Waals surface area contributed by atoms with Gasteiger partial charge in [0.05, 0.1) is 24.6 Å². The summed E-state index contributed by atoms with van der Waals surface area (Å²) in [6, 6.07) is 5.29. The number of methoxy groups -OCH3 is 1. The van der Waals surface area contributed by atoms with E-state index in [9.17, 15) is 4.79 Å². The minimum Gasteiger partial charge on any atom is -0.465 e. The van der Waals surface area contributed by atoms with Gasteiger partial charge in [0.15, 0.2) is 0 Å². The molecular weight excluding hydrogens is 342 g/mol. The molecule has 1 heterocycles. The summed E-state index contributed by atoms with van der Waals surface area (Å²) in [5.74, 6) is -0.405. The zero-order valence-electron chi connectivity index (χ0n) is 10.9. The number of carbonyl (C=O) groups is 1. The van der Waals surface area contributed by atoms with Gasteiger partial charge in [-0.2, -0.15) is 5.10 Å². The number of benzene rings is 1. The number of rotatable bonds is 4. The average molecular weight is 354 g/mol. The van der Waals surface area contributed by atoms with Gasteiger partial charge in [0.25, 0.3) is 0 Å². The second kappa shape index (κ2) is 6.62. The van der Waals surface area contributed by atoms with Crippen molar-refractivity contribution in [1.82, 2.24) is 4.98 Å². The molecule has 0 amide bonds. The van der Waals surface area contributed by atoms with Gasteiger partial charge in [-0.05, 0) is 19.1 Å². The van der Waals surface area contributed by atoms with E-state index in [2.05, 4.69) is 31.4 Å². The van der Waals surface area contributed by atoms with Crippen molar-refractivity contribution in [2.24, 2.45) is 5.10 Å². The molecule has 0 bridgehead atoms. The number of halogens is 1. The van der Waals surface area contributed by atoms with Gasteiger partial charge in [-0.25, -0.2) is 9.78 Å². The standard InChI is InChI=1S/C13H12BrN3O2S/c1-8-7-20-13(16-8)17-15-6-10-9(12(18)19-2)4-3-5-11(10)14/h3-7H,1-2H3,(H,16,17). The second-order valence-electron chi connectivity index (χ2n) is 3.86. The lowest BCUT2D eigenvalue weighted by Gasteiger charge is -2.05. The van der Waals surface area contributed by atoms with Crippen molar-refractivity contribution in [3.63, 3.8) is 0 Å². The number of nitrogens with one attached hydrogen (secondary N) is 1. The van der Waals surface area contributed by atoms with E-state index in [0.717, 1.165) is 10.2 Å². The lowest BCUT2D eigenvalue weighted by Crippen LogP contribution is -2.06. The first-order chi connectivity index (χ1) is 9.61. The Bertz CT molecular complexity index is 655. The van der Waals surface area contributed by atoms with Crippen LogP contribution in [0.25, 0.3) is 0 Å². The summed E-state index contributed by atoms with van der Waals surface area (Å²) >= 11 is 4.86. The highest BCUT2D eigenvalue weighted by molar-refractivity contribution is 9.10. The molecule has 0 aliphatic heterocycles. The van der Waals surface area contributed by atoms with Crippen molar-refractivity contribution in [2.45, 2.75) is 6.92 Å². The molecule has 2 aromatic rings. The van der Waals surface area contributed by atoms with Gasteiger partial charge in [-0.1, -0.05) is 22.0 Å². The van der Waals surface area contributed by atoms with E-state index in [1.807, 2.05) is 18.4 Å². The summed E-state index contributed by atoms with van der Waals surface area (Å²) in [4.78, 5) is 15.9. The van der Waals surface area contributed by atoms with Crippen molar-refractivity contribution < 1.29 is 9.53 Å². The highest BCUT2D eigenvalue weighted by Crippen LogP contribution is 2.20. The predicted molar refractivity (Wildman–Crippen MR) is 83.5 cm³/mol. The maximum atomic E-state index is 11.7. The summed E-state index contributed by atoms with van der Waals surface area (Å²) in [6.45, 7) is 1.91. The number of thiazole rings is 1. The Morgan fingerprint density at radius 3 is 3.00 bits per heavy atom. The fourth-order valence-corrected chi connectivity index (χ4v) is 2.62. The van der Waals surface area contributed by atoms with Gasteiger partial charge in [-0.15, -0.1) is 11.3 Å². The highest BCUT2D eigenvalue weighted by Gasteiger charge is 2.12. The SMILES string of the molecule is COC(=O)c1cccc(Br)c1C=NNc1nc(C)cs1. The molecule has 0 spiro atoms. The molecule has 1 aromatic heterocycles. The third kappa shape index (κ3) is 3.43. The van der Waals surface area contributed by atoms with Crippen LogP contribution in [0.3, 0.4) is 0 Å². The number of aromatic nitrogens is 1. The highest BCUT2D eigenvalue weighted by atomic mass is 79.9. The van der Waals surface area contributed by atoms with E-state index in [0.29, 0.717) is 16.3 Å². The number of esters is 1. The quantitative estimate of drug-likeness (QED) is 0.519. The molecule has 0 aliphatic rings. The first kappa shape index (κ1) is 14.7. The van der Waals surface area contributed by atoms with Crippen LogP contribution in [-0.2, 0) is 4.74 Å². The minimum atomic E-state index is -0.405. The van der Waals surface area contributed by atoms with E-state index in [1.54, 1.807) is 18.3 Å². The van der Waals surface area contributed by atoms with Crippen LogP contribution in [0.1, 0.15) is 21.6 Å². The molecule has 104 valence electrons. The molecule has 2 rings (SSSR count). The van der Waals surface area contributed by atoms with E-state index < -0.39 is 5.97 Å². The van der Waals surface area contributed by atoms with Crippen LogP contribution in [0.5, 0.6) is 0 Å². The number of nitrogens with zero attached hydrogens (tertiary/aromatic N) is 2. The van der Waals surface area contributed by atoms with Crippen molar-refractivity contribution in [3.05, 3.63) is 44.9 Å². The van der Waals surface area contributed by atoms with Crippen LogP contribution in [0.4, 0.5) is 5.13 Å². The summed E-state index contributed by atoms with van der Waals surface area (Å²) in [7, 11) is 1.35. The number of aryl methyl sites for hydroxylation is 1. The molecular formula is C13H12BrN3O2S. The Labute approximate surface area is 128 Å². The Balaban J connectivity index is 2.21. The average Bonchev–Trinajstić information content (AvgIpc) is 2.85. The van der Waals surface area contributed by atoms with Crippen LogP contribution < -0.4 is 5.43 Å². The first-order valence-corrected chi connectivity index (χ1v) is 7.37. The Morgan fingerprint density at radius 1 is 1.55 bits per heavy atom. The van der Waals surface area contributed by atoms with Crippen LogP contribution >= 0.6 is 27.3 Å². The number of hydrazone groups is 1. The van der Waals surface area contributed by atoms with Crippen molar-refractivity contribution in [3.8, 4) is 0 Å². The third-order valence-corrected chi connectivity index (χ3v) is 3.99. The van der Waals surface area contributed by atoms with Gasteiger partial charge >= 0.3 is 5.97 Å². The molecule has 7 heteroatoms. The number of hydrogen-bond donors (Lipinski definition) is 1. The summed E-state index contributed by atoms with van der Waals surface area (Å²) < 4.78 is 5.51. The molecule has 0 fully saturated rings. The smallest absolute Gasteiger partial charge is 0.338 e. The van der Waals surface area contributed by atoms with Gasteiger partial charge in [0, 0.05) is 15.4 Å². The molecule has 1 N–H and O–H groups in total. The first-order valence-electron chi connectivity index (χ1n) is 5.70. The fraction of sp³-hybridized carbons (Fsp3) is 0.154. The maximum Gasteiger partial charge on any atom is 0.338 e. The largest absolute Gasteiger partial charge is 0.465 e. The van der Waals surface area contributed by atoms with Gasteiger partial charge < -0.3 is 4.74 Å². The Morgan fingerprint density at radius 2 is 2.35 bits per heavy atom. The predicted octanol–water partition coefficient (Wildman–Crippen LogP) is 3.45. The van der Waals surface area contributed by atoms with Crippen molar-refractivity contribution in [2.75, 3.05) is 12.5 Å². The fourth-order valence-electron chi connectivity index (χ4n) is 1.51. The van der Waals surface area contributed by atoms with E-state index >= 15 is 0 Å². The number of hydrogen-bond acceptors (Lipinski definition) is 6. The van der Waals surface area contributed by atoms with Crippen LogP contribution in [0, 0.1) is 6.92 Å². The minimum absolute atomic E-state index is 0.405. The van der Waals surface area contributed by atoms with E-state index in [1.165, 1.54) is 18.4 Å². The van der Waals surface area contributed by atoms with Crippen LogP contribution in [0.2, 0.25) is 0 Å². The third-order valence-electron chi connectivity index (χ3n) is 2.43. The van der Waals surface area contributed by atoms with E-state index in [-0.39, 0.29) is 0 Å². The summed E-state index contributed by atoms with van der Waals surface area (Å²) in [6.07, 6.45) is 1.56. The van der Waals surface area contributed by atoms with Crippen LogP contribution in [0.15, 0.2) is 33.2 Å². The van der Waals surface area contributed by atoms with Crippen molar-refractivity contribution in [1.29, 1.82) is 0 Å². The topological polar surface area (TPSA) is 63.6 Å². The van der Waals surface area contributed by atoms with Crippen molar-refractivity contribution >= 4 is 44.6 Å². The van der Waals surface area contributed by atoms with Gasteiger partial charge in [-0.3, -0.25) is 5.43 Å². The monoisotopic (exact) mass is 353 g/mol. The molecule has 0 saturated heterocycles.